The van der Waals surface area contributed by atoms with Crippen molar-refractivity contribution < 1.29 is 4.79 Å². The third-order valence-corrected chi connectivity index (χ3v) is 4.53. The van der Waals surface area contributed by atoms with Gasteiger partial charge in [-0.1, -0.05) is 17.7 Å². The van der Waals surface area contributed by atoms with Crippen molar-refractivity contribution in [3.05, 3.63) is 79.4 Å². The third-order valence-electron chi connectivity index (χ3n) is 3.40. The van der Waals surface area contributed by atoms with Crippen LogP contribution in [0.2, 0.25) is 5.02 Å². The minimum Gasteiger partial charge on any atom is -0.346 e. The molecule has 0 aliphatic heterocycles. The number of rotatable bonds is 4. The number of thiophene rings is 1. The molecule has 1 aromatic carbocycles. The summed E-state index contributed by atoms with van der Waals surface area (Å²) in [4.78, 5) is 25.4. The molecule has 122 valence electrons. The van der Waals surface area contributed by atoms with Gasteiger partial charge in [-0.3, -0.25) is 9.59 Å². The topological polar surface area (TPSA) is 64.0 Å². The molecule has 7 heteroatoms. The van der Waals surface area contributed by atoms with E-state index in [2.05, 4.69) is 10.4 Å². The van der Waals surface area contributed by atoms with E-state index in [0.717, 1.165) is 10.6 Å². The third kappa shape index (κ3) is 3.55. The Kier molecular flexibility index (Phi) is 4.78. The molecule has 0 bridgehead atoms. The van der Waals surface area contributed by atoms with E-state index in [4.69, 9.17) is 11.6 Å². The summed E-state index contributed by atoms with van der Waals surface area (Å²) in [5.41, 5.74) is 0.829. The predicted octanol–water partition coefficient (Wildman–Crippen LogP) is 3.19. The molecule has 0 saturated carbocycles. The highest BCUT2D eigenvalue weighted by molar-refractivity contribution is 7.09. The average molecular weight is 360 g/mol. The first-order chi connectivity index (χ1) is 11.5. The van der Waals surface area contributed by atoms with Gasteiger partial charge >= 0.3 is 0 Å². The first-order valence-corrected chi connectivity index (χ1v) is 8.48. The van der Waals surface area contributed by atoms with E-state index in [-0.39, 0.29) is 5.69 Å². The van der Waals surface area contributed by atoms with Gasteiger partial charge in [0.05, 0.1) is 12.2 Å². The lowest BCUT2D eigenvalue weighted by molar-refractivity contribution is 0.0943. The fraction of sp³-hybridized carbons (Fsp3) is 0.118. The molecule has 0 aliphatic carbocycles. The number of carbonyl (C=O) groups is 1. The Morgan fingerprint density at radius 2 is 2.04 bits per heavy atom. The Balaban J connectivity index is 1.90. The predicted molar refractivity (Wildman–Crippen MR) is 95.1 cm³/mol. The van der Waals surface area contributed by atoms with Crippen LogP contribution in [-0.4, -0.2) is 15.7 Å². The molecule has 24 heavy (non-hydrogen) atoms. The summed E-state index contributed by atoms with van der Waals surface area (Å²) in [6, 6.07) is 12.2. The standard InChI is InChI=1S/C17H14ClN3O2S/c1-11-9-15(22)16(17(23)19-10-14-3-2-8-24-14)20-21(11)13-6-4-12(18)5-7-13/h2-9H,10H2,1H3,(H,19,23). The van der Waals surface area contributed by atoms with Crippen molar-refractivity contribution in [2.45, 2.75) is 13.5 Å². The van der Waals surface area contributed by atoms with Crippen LogP contribution in [0.25, 0.3) is 5.69 Å². The largest absolute Gasteiger partial charge is 0.346 e. The molecule has 0 saturated heterocycles. The van der Waals surface area contributed by atoms with E-state index in [0.29, 0.717) is 17.3 Å². The lowest BCUT2D eigenvalue weighted by Gasteiger charge is -2.11. The van der Waals surface area contributed by atoms with Crippen molar-refractivity contribution in [3.63, 3.8) is 0 Å². The van der Waals surface area contributed by atoms with Gasteiger partial charge in [0.15, 0.2) is 5.69 Å². The molecule has 1 amide bonds. The minimum absolute atomic E-state index is 0.132. The van der Waals surface area contributed by atoms with E-state index >= 15 is 0 Å². The fourth-order valence-corrected chi connectivity index (χ4v) is 2.98. The monoisotopic (exact) mass is 359 g/mol. The van der Waals surface area contributed by atoms with E-state index in [1.165, 1.54) is 17.4 Å². The molecular formula is C17H14ClN3O2S. The number of amides is 1. The highest BCUT2D eigenvalue weighted by Gasteiger charge is 2.15. The molecule has 0 unspecified atom stereocenters. The fourth-order valence-electron chi connectivity index (χ4n) is 2.21. The van der Waals surface area contributed by atoms with E-state index in [9.17, 15) is 9.59 Å². The summed E-state index contributed by atoms with van der Waals surface area (Å²) in [6.07, 6.45) is 0. The lowest BCUT2D eigenvalue weighted by Crippen LogP contribution is -2.31. The summed E-state index contributed by atoms with van der Waals surface area (Å²) in [5, 5.41) is 9.48. The highest BCUT2D eigenvalue weighted by Crippen LogP contribution is 2.14. The molecule has 0 radical (unpaired) electrons. The van der Waals surface area contributed by atoms with Crippen molar-refractivity contribution in [3.8, 4) is 5.69 Å². The Morgan fingerprint density at radius 1 is 1.29 bits per heavy atom. The summed E-state index contributed by atoms with van der Waals surface area (Å²) >= 11 is 7.43. The maximum Gasteiger partial charge on any atom is 0.276 e. The Morgan fingerprint density at radius 3 is 2.71 bits per heavy atom. The normalized spacial score (nSPS) is 10.6. The van der Waals surface area contributed by atoms with Crippen molar-refractivity contribution in [2.75, 3.05) is 0 Å². The average Bonchev–Trinajstić information content (AvgIpc) is 3.07. The second kappa shape index (κ2) is 6.98. The van der Waals surface area contributed by atoms with E-state index in [1.807, 2.05) is 17.5 Å². The number of nitrogens with zero attached hydrogens (tertiary/aromatic N) is 2. The van der Waals surface area contributed by atoms with E-state index in [1.54, 1.807) is 35.9 Å². The van der Waals surface area contributed by atoms with Gasteiger partial charge in [-0.2, -0.15) is 5.10 Å². The molecule has 1 N–H and O–H groups in total. The molecule has 0 spiro atoms. The van der Waals surface area contributed by atoms with Crippen molar-refractivity contribution in [1.29, 1.82) is 0 Å². The number of hydrogen-bond acceptors (Lipinski definition) is 4. The van der Waals surface area contributed by atoms with Gasteiger partial charge in [-0.05, 0) is 42.6 Å². The zero-order chi connectivity index (χ0) is 17.1. The SMILES string of the molecule is Cc1cc(=O)c(C(=O)NCc2cccs2)nn1-c1ccc(Cl)cc1. The van der Waals surface area contributed by atoms with Gasteiger partial charge in [0, 0.05) is 21.7 Å². The van der Waals surface area contributed by atoms with Gasteiger partial charge in [0.2, 0.25) is 5.43 Å². The molecule has 0 atom stereocenters. The number of hydrogen-bond donors (Lipinski definition) is 1. The molecule has 0 fully saturated rings. The maximum atomic E-state index is 12.3. The smallest absolute Gasteiger partial charge is 0.276 e. The summed E-state index contributed by atoms with van der Waals surface area (Å²) in [6.45, 7) is 2.13. The van der Waals surface area contributed by atoms with Crippen LogP contribution in [0.1, 0.15) is 21.1 Å². The minimum atomic E-state index is -0.490. The molecule has 3 rings (SSSR count). The van der Waals surface area contributed by atoms with Crippen LogP contribution in [0.5, 0.6) is 0 Å². The quantitative estimate of drug-likeness (QED) is 0.778. The number of nitrogens with one attached hydrogen (secondary N) is 1. The van der Waals surface area contributed by atoms with E-state index < -0.39 is 11.3 Å². The molecule has 2 aromatic heterocycles. The molecule has 5 nitrogen and oxygen atoms in total. The Hall–Kier alpha value is -2.44. The first-order valence-electron chi connectivity index (χ1n) is 7.22. The van der Waals surface area contributed by atoms with Gasteiger partial charge in [0.25, 0.3) is 5.91 Å². The summed E-state index contributed by atoms with van der Waals surface area (Å²) in [7, 11) is 0. The van der Waals surface area contributed by atoms with Gasteiger partial charge < -0.3 is 5.32 Å². The van der Waals surface area contributed by atoms with Gasteiger partial charge in [0.1, 0.15) is 0 Å². The van der Waals surface area contributed by atoms with Crippen molar-refractivity contribution in [1.82, 2.24) is 15.1 Å². The van der Waals surface area contributed by atoms with Crippen LogP contribution in [0.15, 0.2) is 52.6 Å². The van der Waals surface area contributed by atoms with Crippen LogP contribution < -0.4 is 10.7 Å². The highest BCUT2D eigenvalue weighted by atomic mass is 35.5. The number of benzene rings is 1. The molecular weight excluding hydrogens is 346 g/mol. The van der Waals surface area contributed by atoms with Crippen LogP contribution in [0, 0.1) is 6.92 Å². The molecule has 2 heterocycles. The van der Waals surface area contributed by atoms with Crippen LogP contribution in [0.3, 0.4) is 0 Å². The lowest BCUT2D eigenvalue weighted by atomic mass is 10.2. The van der Waals surface area contributed by atoms with Crippen LogP contribution >= 0.6 is 22.9 Å². The molecule has 3 aromatic rings. The number of halogens is 1. The number of aromatic nitrogens is 2. The van der Waals surface area contributed by atoms with Crippen molar-refractivity contribution in [2.24, 2.45) is 0 Å². The van der Waals surface area contributed by atoms with Gasteiger partial charge in [-0.15, -0.1) is 11.3 Å². The van der Waals surface area contributed by atoms with Crippen molar-refractivity contribution >= 4 is 28.8 Å². The number of aryl methyl sites for hydroxylation is 1. The first kappa shape index (κ1) is 16.4. The number of carbonyl (C=O) groups excluding carboxylic acids is 1. The Labute approximate surface area is 147 Å². The zero-order valence-corrected chi connectivity index (χ0v) is 14.4. The van der Waals surface area contributed by atoms with Gasteiger partial charge in [-0.25, -0.2) is 4.68 Å². The van der Waals surface area contributed by atoms with Crippen LogP contribution in [-0.2, 0) is 6.54 Å². The maximum absolute atomic E-state index is 12.3. The van der Waals surface area contributed by atoms with Crippen LogP contribution in [0.4, 0.5) is 0 Å². The molecule has 0 aliphatic rings. The second-order valence-electron chi connectivity index (χ2n) is 5.15. The summed E-state index contributed by atoms with van der Waals surface area (Å²) < 4.78 is 1.55. The second-order valence-corrected chi connectivity index (χ2v) is 6.62. The Bertz CT molecular complexity index is 918. The summed E-state index contributed by atoms with van der Waals surface area (Å²) in [5.74, 6) is -0.490. The zero-order valence-electron chi connectivity index (χ0n) is 12.8.